The van der Waals surface area contributed by atoms with Crippen LogP contribution in [-0.4, -0.2) is 27.0 Å². The minimum absolute atomic E-state index is 0.653. The van der Waals surface area contributed by atoms with Gasteiger partial charge in [-0.3, -0.25) is 0 Å². The zero-order valence-electron chi connectivity index (χ0n) is 10.2. The topological polar surface area (TPSA) is 63.6 Å². The van der Waals surface area contributed by atoms with E-state index in [1.807, 2.05) is 33.0 Å². The van der Waals surface area contributed by atoms with Gasteiger partial charge in [-0.2, -0.15) is 0 Å². The Bertz CT molecular complexity index is 524. The fourth-order valence-corrected chi connectivity index (χ4v) is 1.60. The van der Waals surface area contributed by atoms with E-state index in [1.54, 1.807) is 6.20 Å². The second-order valence-corrected chi connectivity index (χ2v) is 3.84. The summed E-state index contributed by atoms with van der Waals surface area (Å²) in [5, 5.41) is 3.08. The van der Waals surface area contributed by atoms with Gasteiger partial charge in [-0.1, -0.05) is 0 Å². The Morgan fingerprint density at radius 3 is 2.71 bits per heavy atom. The summed E-state index contributed by atoms with van der Waals surface area (Å²) in [6, 6.07) is 3.79. The van der Waals surface area contributed by atoms with Crippen molar-refractivity contribution in [1.82, 2.24) is 25.3 Å². The molecule has 2 aromatic rings. The molecule has 1 N–H and O–H groups in total. The third-order valence-electron chi connectivity index (χ3n) is 2.27. The van der Waals surface area contributed by atoms with Gasteiger partial charge in [0.05, 0.1) is 5.69 Å². The van der Waals surface area contributed by atoms with E-state index in [0.29, 0.717) is 5.82 Å². The average molecular weight is 229 g/mol. The molecule has 0 fully saturated rings. The van der Waals surface area contributed by atoms with Gasteiger partial charge in [0.1, 0.15) is 11.5 Å². The number of hydrogen-bond acceptors (Lipinski definition) is 5. The summed E-state index contributed by atoms with van der Waals surface area (Å²) in [6.45, 7) is 4.53. The summed E-state index contributed by atoms with van der Waals surface area (Å²) >= 11 is 0. The highest BCUT2D eigenvalue weighted by atomic mass is 15.0. The molecule has 0 bridgehead atoms. The molecule has 5 nitrogen and oxygen atoms in total. The Kier molecular flexibility index (Phi) is 3.39. The van der Waals surface area contributed by atoms with Crippen LogP contribution in [0.25, 0.3) is 11.5 Å². The van der Waals surface area contributed by atoms with Gasteiger partial charge >= 0.3 is 0 Å². The van der Waals surface area contributed by atoms with Crippen LogP contribution in [0.3, 0.4) is 0 Å². The molecule has 0 saturated carbocycles. The molecule has 2 rings (SSSR count). The first-order valence-corrected chi connectivity index (χ1v) is 5.48. The summed E-state index contributed by atoms with van der Waals surface area (Å²) in [6.07, 6.45) is 1.72. The van der Waals surface area contributed by atoms with E-state index in [2.05, 4.69) is 25.3 Å². The Balaban J connectivity index is 2.44. The predicted molar refractivity (Wildman–Crippen MR) is 65.3 cm³/mol. The Labute approximate surface area is 100 Å². The molecule has 0 aliphatic carbocycles. The van der Waals surface area contributed by atoms with Crippen molar-refractivity contribution in [2.24, 2.45) is 0 Å². The lowest BCUT2D eigenvalue weighted by molar-refractivity contribution is 0.784. The quantitative estimate of drug-likeness (QED) is 0.858. The van der Waals surface area contributed by atoms with Crippen molar-refractivity contribution in [2.45, 2.75) is 20.4 Å². The van der Waals surface area contributed by atoms with Crippen molar-refractivity contribution >= 4 is 0 Å². The highest BCUT2D eigenvalue weighted by molar-refractivity contribution is 5.48. The lowest BCUT2D eigenvalue weighted by Crippen LogP contribution is -2.09. The number of nitrogens with zero attached hydrogens (tertiary/aromatic N) is 4. The number of aryl methyl sites for hydroxylation is 2. The van der Waals surface area contributed by atoms with Crippen LogP contribution in [0.5, 0.6) is 0 Å². The normalized spacial score (nSPS) is 10.5. The number of hydrogen-bond donors (Lipinski definition) is 1. The first-order valence-electron chi connectivity index (χ1n) is 5.48. The van der Waals surface area contributed by atoms with Crippen LogP contribution in [-0.2, 0) is 6.54 Å². The van der Waals surface area contributed by atoms with Crippen molar-refractivity contribution in [3.8, 4) is 11.5 Å². The van der Waals surface area contributed by atoms with Crippen LogP contribution in [0.4, 0.5) is 0 Å². The monoisotopic (exact) mass is 229 g/mol. The Morgan fingerprint density at radius 2 is 2.00 bits per heavy atom. The highest BCUT2D eigenvalue weighted by Crippen LogP contribution is 2.12. The van der Waals surface area contributed by atoms with Gasteiger partial charge < -0.3 is 5.32 Å². The van der Waals surface area contributed by atoms with Gasteiger partial charge in [0.25, 0.3) is 0 Å². The minimum Gasteiger partial charge on any atom is -0.314 e. The van der Waals surface area contributed by atoms with Crippen molar-refractivity contribution in [3.63, 3.8) is 0 Å². The molecular weight excluding hydrogens is 214 g/mol. The van der Waals surface area contributed by atoms with Crippen LogP contribution in [0.2, 0.25) is 0 Å². The molecule has 0 unspecified atom stereocenters. The van der Waals surface area contributed by atoms with Gasteiger partial charge in [0.15, 0.2) is 5.82 Å². The zero-order chi connectivity index (χ0) is 12.3. The molecule has 0 aliphatic heterocycles. The molecule has 17 heavy (non-hydrogen) atoms. The van der Waals surface area contributed by atoms with Crippen LogP contribution in [0.1, 0.15) is 17.2 Å². The van der Waals surface area contributed by atoms with Crippen LogP contribution in [0, 0.1) is 13.8 Å². The van der Waals surface area contributed by atoms with E-state index in [9.17, 15) is 0 Å². The van der Waals surface area contributed by atoms with Crippen molar-refractivity contribution in [1.29, 1.82) is 0 Å². The van der Waals surface area contributed by atoms with E-state index in [1.165, 1.54) is 0 Å². The SMILES string of the molecule is CNCc1cc(C)nc(-c2ccnc(C)n2)n1. The maximum Gasteiger partial charge on any atom is 0.178 e. The van der Waals surface area contributed by atoms with E-state index < -0.39 is 0 Å². The van der Waals surface area contributed by atoms with Crippen molar-refractivity contribution in [2.75, 3.05) is 7.05 Å². The van der Waals surface area contributed by atoms with E-state index in [4.69, 9.17) is 0 Å². The fraction of sp³-hybridized carbons (Fsp3) is 0.333. The number of aromatic nitrogens is 4. The molecule has 0 amide bonds. The highest BCUT2D eigenvalue weighted by Gasteiger charge is 2.06. The first kappa shape index (κ1) is 11.6. The largest absolute Gasteiger partial charge is 0.314 e. The van der Waals surface area contributed by atoms with Crippen molar-refractivity contribution < 1.29 is 0 Å². The third kappa shape index (κ3) is 2.82. The average Bonchev–Trinajstić information content (AvgIpc) is 2.28. The molecule has 0 saturated heterocycles. The number of nitrogens with one attached hydrogen (secondary N) is 1. The summed E-state index contributed by atoms with van der Waals surface area (Å²) in [4.78, 5) is 17.3. The van der Waals surface area contributed by atoms with Gasteiger partial charge in [-0.05, 0) is 33.0 Å². The molecule has 0 spiro atoms. The van der Waals surface area contributed by atoms with Gasteiger partial charge in [-0.25, -0.2) is 19.9 Å². The van der Waals surface area contributed by atoms with Crippen LogP contribution < -0.4 is 5.32 Å². The third-order valence-corrected chi connectivity index (χ3v) is 2.27. The van der Waals surface area contributed by atoms with Crippen LogP contribution >= 0.6 is 0 Å². The molecule has 5 heteroatoms. The summed E-state index contributed by atoms with van der Waals surface area (Å²) < 4.78 is 0. The molecule has 2 aromatic heterocycles. The summed E-state index contributed by atoms with van der Waals surface area (Å²) in [5.41, 5.74) is 2.67. The standard InChI is InChI=1S/C12H15N5/c1-8-6-10(7-13-3)17-12(15-8)11-4-5-14-9(2)16-11/h4-6,13H,7H2,1-3H3. The second kappa shape index (κ2) is 4.97. The molecule has 0 atom stereocenters. The van der Waals surface area contributed by atoms with E-state index >= 15 is 0 Å². The minimum atomic E-state index is 0.653. The fourth-order valence-electron chi connectivity index (χ4n) is 1.60. The first-order chi connectivity index (χ1) is 8.19. The Morgan fingerprint density at radius 1 is 1.18 bits per heavy atom. The summed E-state index contributed by atoms with van der Waals surface area (Å²) in [5.74, 6) is 1.38. The molecule has 88 valence electrons. The van der Waals surface area contributed by atoms with Gasteiger partial charge in [-0.15, -0.1) is 0 Å². The summed E-state index contributed by atoms with van der Waals surface area (Å²) in [7, 11) is 1.89. The van der Waals surface area contributed by atoms with Crippen molar-refractivity contribution in [3.05, 3.63) is 35.5 Å². The molecular formula is C12H15N5. The van der Waals surface area contributed by atoms with E-state index in [0.717, 1.165) is 29.5 Å². The molecule has 0 aromatic carbocycles. The molecule has 2 heterocycles. The molecule has 0 radical (unpaired) electrons. The second-order valence-electron chi connectivity index (χ2n) is 3.84. The van der Waals surface area contributed by atoms with Gasteiger partial charge in [0, 0.05) is 18.4 Å². The maximum absolute atomic E-state index is 4.47. The van der Waals surface area contributed by atoms with E-state index in [-0.39, 0.29) is 0 Å². The molecule has 0 aliphatic rings. The van der Waals surface area contributed by atoms with Gasteiger partial charge in [0.2, 0.25) is 0 Å². The van der Waals surface area contributed by atoms with Crippen LogP contribution in [0.15, 0.2) is 18.3 Å². The predicted octanol–water partition coefficient (Wildman–Crippen LogP) is 1.27. The maximum atomic E-state index is 4.47. The lowest BCUT2D eigenvalue weighted by atomic mass is 10.3. The zero-order valence-corrected chi connectivity index (χ0v) is 10.2. The lowest BCUT2D eigenvalue weighted by Gasteiger charge is -2.05. The number of rotatable bonds is 3. The Hall–Kier alpha value is -1.88. The smallest absolute Gasteiger partial charge is 0.178 e.